The summed E-state index contributed by atoms with van der Waals surface area (Å²) >= 11 is 0. The molecule has 1 N–H and O–H groups in total. The fraction of sp³-hybridized carbons (Fsp3) is 0.333. The van der Waals surface area contributed by atoms with Crippen LogP contribution in [0.25, 0.3) is 0 Å². The molecule has 0 aromatic heterocycles. The van der Waals surface area contributed by atoms with E-state index in [1.807, 2.05) is 0 Å². The van der Waals surface area contributed by atoms with Gasteiger partial charge in [-0.15, -0.1) is 0 Å². The molecule has 12 heavy (non-hydrogen) atoms. The zero-order valence-electron chi connectivity index (χ0n) is 6.51. The Labute approximate surface area is 69.6 Å². The lowest BCUT2D eigenvalue weighted by Crippen LogP contribution is -1.91. The number of aliphatic hydroxyl groups is 1. The Morgan fingerprint density at radius 2 is 2.33 bits per heavy atom. The van der Waals surface area contributed by atoms with Crippen molar-refractivity contribution in [2.75, 3.05) is 6.61 Å². The van der Waals surface area contributed by atoms with E-state index in [0.29, 0.717) is 17.9 Å². The van der Waals surface area contributed by atoms with Crippen LogP contribution in [-0.2, 0) is 13.0 Å². The lowest BCUT2D eigenvalue weighted by atomic mass is 10.1. The fourth-order valence-corrected chi connectivity index (χ4v) is 1.36. The van der Waals surface area contributed by atoms with Crippen LogP contribution in [-0.4, -0.2) is 11.7 Å². The van der Waals surface area contributed by atoms with E-state index in [1.54, 1.807) is 6.07 Å². The summed E-state index contributed by atoms with van der Waals surface area (Å²) in [5, 5.41) is 8.75. The van der Waals surface area contributed by atoms with Gasteiger partial charge in [0, 0.05) is 17.5 Å². The Balaban J connectivity index is 2.49. The van der Waals surface area contributed by atoms with Crippen molar-refractivity contribution in [3.05, 3.63) is 29.1 Å². The van der Waals surface area contributed by atoms with Crippen molar-refractivity contribution in [3.63, 3.8) is 0 Å². The van der Waals surface area contributed by atoms with E-state index in [-0.39, 0.29) is 12.4 Å². The van der Waals surface area contributed by atoms with E-state index in [1.165, 1.54) is 6.07 Å². The third kappa shape index (κ3) is 1.06. The van der Waals surface area contributed by atoms with Crippen LogP contribution in [0, 0.1) is 5.82 Å². The van der Waals surface area contributed by atoms with Crippen LogP contribution in [0.4, 0.5) is 4.39 Å². The summed E-state index contributed by atoms with van der Waals surface area (Å²) in [6, 6.07) is 3.01. The fourth-order valence-electron chi connectivity index (χ4n) is 1.36. The van der Waals surface area contributed by atoms with Crippen LogP contribution in [0.2, 0.25) is 0 Å². The average Bonchev–Trinajstić information content (AvgIpc) is 2.49. The van der Waals surface area contributed by atoms with E-state index in [2.05, 4.69) is 0 Å². The maximum absolute atomic E-state index is 13.0. The molecule has 1 heterocycles. The molecule has 1 aliphatic heterocycles. The summed E-state index contributed by atoms with van der Waals surface area (Å²) in [5.74, 6) is 0.363. The van der Waals surface area contributed by atoms with Crippen LogP contribution >= 0.6 is 0 Å². The Morgan fingerprint density at radius 1 is 1.50 bits per heavy atom. The zero-order chi connectivity index (χ0) is 8.55. The summed E-state index contributed by atoms with van der Waals surface area (Å²) in [6.07, 6.45) is 0.762. The van der Waals surface area contributed by atoms with Gasteiger partial charge in [-0.1, -0.05) is 0 Å². The molecule has 0 saturated carbocycles. The van der Waals surface area contributed by atoms with E-state index < -0.39 is 0 Å². The van der Waals surface area contributed by atoms with Crippen molar-refractivity contribution in [3.8, 4) is 5.75 Å². The molecule has 0 bridgehead atoms. The highest BCUT2D eigenvalue weighted by molar-refractivity contribution is 5.40. The summed E-state index contributed by atoms with van der Waals surface area (Å²) in [7, 11) is 0. The topological polar surface area (TPSA) is 29.5 Å². The summed E-state index contributed by atoms with van der Waals surface area (Å²) in [5.41, 5.74) is 1.19. The summed E-state index contributed by atoms with van der Waals surface area (Å²) in [6.45, 7) is 0.339. The van der Waals surface area contributed by atoms with Gasteiger partial charge in [-0.3, -0.25) is 0 Å². The van der Waals surface area contributed by atoms with Gasteiger partial charge in [0.15, 0.2) is 0 Å². The second-order valence-corrected chi connectivity index (χ2v) is 2.81. The maximum Gasteiger partial charge on any atom is 0.129 e. The molecular weight excluding hydrogens is 159 g/mol. The second-order valence-electron chi connectivity index (χ2n) is 2.81. The highest BCUT2D eigenvalue weighted by atomic mass is 19.1. The number of rotatable bonds is 1. The molecular formula is C9H9FO2. The van der Waals surface area contributed by atoms with Crippen molar-refractivity contribution in [1.82, 2.24) is 0 Å². The van der Waals surface area contributed by atoms with Crippen molar-refractivity contribution < 1.29 is 14.2 Å². The predicted octanol–water partition coefficient (Wildman–Crippen LogP) is 1.25. The van der Waals surface area contributed by atoms with Gasteiger partial charge in [-0.2, -0.15) is 0 Å². The number of halogens is 1. The largest absolute Gasteiger partial charge is 0.493 e. The molecule has 0 aliphatic carbocycles. The molecule has 1 aromatic rings. The normalized spacial score (nSPS) is 14.2. The molecule has 0 atom stereocenters. The molecule has 0 radical (unpaired) electrons. The van der Waals surface area contributed by atoms with Gasteiger partial charge in [-0.05, 0) is 12.1 Å². The van der Waals surface area contributed by atoms with Crippen molar-refractivity contribution >= 4 is 0 Å². The highest BCUT2D eigenvalue weighted by Gasteiger charge is 2.15. The Hall–Kier alpha value is -1.09. The van der Waals surface area contributed by atoms with Crippen molar-refractivity contribution in [2.45, 2.75) is 13.0 Å². The molecule has 1 aliphatic rings. The Bertz CT molecular complexity index is 309. The van der Waals surface area contributed by atoms with Gasteiger partial charge in [0.25, 0.3) is 0 Å². The third-order valence-corrected chi connectivity index (χ3v) is 2.03. The van der Waals surface area contributed by atoms with E-state index in [9.17, 15) is 4.39 Å². The molecule has 0 unspecified atom stereocenters. The number of hydrogen-bond donors (Lipinski definition) is 1. The first-order valence-electron chi connectivity index (χ1n) is 3.86. The average molecular weight is 168 g/mol. The van der Waals surface area contributed by atoms with E-state index in [0.717, 1.165) is 12.0 Å². The zero-order valence-corrected chi connectivity index (χ0v) is 6.51. The summed E-state index contributed by atoms with van der Waals surface area (Å²) in [4.78, 5) is 0. The monoisotopic (exact) mass is 168 g/mol. The smallest absolute Gasteiger partial charge is 0.129 e. The van der Waals surface area contributed by atoms with Gasteiger partial charge in [0.1, 0.15) is 11.6 Å². The molecule has 0 spiro atoms. The van der Waals surface area contributed by atoms with E-state index >= 15 is 0 Å². The maximum atomic E-state index is 13.0. The SMILES string of the molecule is OCc1cc2c(cc1F)CCO2. The molecule has 64 valence electrons. The lowest BCUT2D eigenvalue weighted by molar-refractivity contribution is 0.274. The number of hydrogen-bond acceptors (Lipinski definition) is 2. The van der Waals surface area contributed by atoms with Gasteiger partial charge in [-0.25, -0.2) is 4.39 Å². The molecule has 0 saturated heterocycles. The quantitative estimate of drug-likeness (QED) is 0.683. The minimum Gasteiger partial charge on any atom is -0.493 e. The van der Waals surface area contributed by atoms with Crippen molar-refractivity contribution in [1.29, 1.82) is 0 Å². The Kier molecular flexibility index (Phi) is 1.73. The second kappa shape index (κ2) is 2.75. The first-order chi connectivity index (χ1) is 5.81. The van der Waals surface area contributed by atoms with Crippen LogP contribution in [0.5, 0.6) is 5.75 Å². The van der Waals surface area contributed by atoms with Crippen LogP contribution in [0.1, 0.15) is 11.1 Å². The van der Waals surface area contributed by atoms with Gasteiger partial charge in [0.2, 0.25) is 0 Å². The molecule has 1 aromatic carbocycles. The minimum absolute atomic E-state index is 0.275. The molecule has 0 fully saturated rings. The number of fused-ring (bicyclic) bond motifs is 1. The third-order valence-electron chi connectivity index (χ3n) is 2.03. The standard InChI is InChI=1S/C9H9FO2/c10-8-3-6-1-2-12-9(6)4-7(8)5-11/h3-4,11H,1-2,5H2. The minimum atomic E-state index is -0.346. The first-order valence-corrected chi connectivity index (χ1v) is 3.86. The van der Waals surface area contributed by atoms with Gasteiger partial charge >= 0.3 is 0 Å². The highest BCUT2D eigenvalue weighted by Crippen LogP contribution is 2.27. The molecule has 2 nitrogen and oxygen atoms in total. The van der Waals surface area contributed by atoms with E-state index in [4.69, 9.17) is 9.84 Å². The van der Waals surface area contributed by atoms with Crippen molar-refractivity contribution in [2.24, 2.45) is 0 Å². The molecule has 0 amide bonds. The van der Waals surface area contributed by atoms with Crippen LogP contribution in [0.15, 0.2) is 12.1 Å². The summed E-state index contributed by atoms with van der Waals surface area (Å²) < 4.78 is 18.2. The van der Waals surface area contributed by atoms with Crippen LogP contribution < -0.4 is 4.74 Å². The number of benzene rings is 1. The molecule has 2 rings (SSSR count). The van der Waals surface area contributed by atoms with Crippen LogP contribution in [0.3, 0.4) is 0 Å². The number of ether oxygens (including phenoxy) is 1. The predicted molar refractivity (Wildman–Crippen MR) is 41.5 cm³/mol. The molecule has 3 heteroatoms. The lowest BCUT2D eigenvalue weighted by Gasteiger charge is -2.02. The first kappa shape index (κ1) is 7.55. The van der Waals surface area contributed by atoms with Gasteiger partial charge < -0.3 is 9.84 Å². The Morgan fingerprint density at radius 3 is 3.08 bits per heavy atom. The number of aliphatic hydroxyl groups excluding tert-OH is 1. The van der Waals surface area contributed by atoms with Gasteiger partial charge in [0.05, 0.1) is 13.2 Å².